The largest absolute Gasteiger partial charge is 0.327 e. The van der Waals surface area contributed by atoms with Crippen LogP contribution in [0.5, 0.6) is 0 Å². The number of aryl methyl sites for hydroxylation is 1. The van der Waals surface area contributed by atoms with Gasteiger partial charge in [-0.15, -0.1) is 0 Å². The lowest BCUT2D eigenvalue weighted by Crippen LogP contribution is -2.27. The van der Waals surface area contributed by atoms with Gasteiger partial charge in [-0.2, -0.15) is 5.10 Å². The Hall–Kier alpha value is -2.19. The number of benzene rings is 1. The molecular weight excluding hydrogens is 290 g/mol. The minimum absolute atomic E-state index is 0.134. The molecule has 0 aliphatic heterocycles. The van der Waals surface area contributed by atoms with Crippen LogP contribution in [0.15, 0.2) is 41.6 Å². The van der Waals surface area contributed by atoms with Gasteiger partial charge in [-0.25, -0.2) is 18.1 Å². The Bertz CT molecular complexity index is 852. The number of H-pyrrole nitrogens is 1. The van der Waals surface area contributed by atoms with Crippen molar-refractivity contribution in [2.75, 3.05) is 6.54 Å². The average Bonchev–Trinajstić information content (AvgIpc) is 3.08. The summed E-state index contributed by atoms with van der Waals surface area (Å²) in [5.41, 5.74) is 1.91. The van der Waals surface area contributed by atoms with Crippen LogP contribution >= 0.6 is 0 Å². The lowest BCUT2D eigenvalue weighted by molar-refractivity contribution is 0.573. The van der Waals surface area contributed by atoms with E-state index in [4.69, 9.17) is 0 Å². The molecule has 2 N–H and O–H groups in total. The number of sulfonamides is 1. The third-order valence-corrected chi connectivity index (χ3v) is 4.68. The summed E-state index contributed by atoms with van der Waals surface area (Å²) in [7, 11) is -3.51. The summed E-state index contributed by atoms with van der Waals surface area (Å²) in [4.78, 5) is 4.58. The van der Waals surface area contributed by atoms with Crippen LogP contribution in [0.2, 0.25) is 0 Å². The molecule has 8 heteroatoms. The van der Waals surface area contributed by atoms with Gasteiger partial charge in [0, 0.05) is 19.3 Å². The molecule has 0 radical (unpaired) electrons. The van der Waals surface area contributed by atoms with Gasteiger partial charge in [0.15, 0.2) is 0 Å². The van der Waals surface area contributed by atoms with Crippen molar-refractivity contribution in [1.29, 1.82) is 0 Å². The van der Waals surface area contributed by atoms with Crippen molar-refractivity contribution in [2.45, 2.75) is 18.4 Å². The molecule has 1 aromatic carbocycles. The summed E-state index contributed by atoms with van der Waals surface area (Å²) < 4.78 is 28.5. The van der Waals surface area contributed by atoms with Gasteiger partial charge in [-0.1, -0.05) is 12.1 Å². The van der Waals surface area contributed by atoms with Gasteiger partial charge in [0.05, 0.1) is 17.2 Å². The Labute approximate surface area is 122 Å². The van der Waals surface area contributed by atoms with Crippen molar-refractivity contribution in [3.8, 4) is 0 Å². The second kappa shape index (κ2) is 5.30. The van der Waals surface area contributed by atoms with E-state index in [0.29, 0.717) is 6.54 Å². The molecule has 2 aromatic heterocycles. The molecule has 0 bridgehead atoms. The predicted octanol–water partition coefficient (Wildman–Crippen LogP) is 1.05. The topological polar surface area (TPSA) is 92.7 Å². The molecule has 0 spiro atoms. The molecule has 0 saturated heterocycles. The molecule has 21 heavy (non-hydrogen) atoms. The number of para-hydroxylation sites is 2. The van der Waals surface area contributed by atoms with Crippen LogP contribution in [0.25, 0.3) is 11.0 Å². The van der Waals surface area contributed by atoms with Crippen molar-refractivity contribution in [3.05, 3.63) is 42.5 Å². The van der Waals surface area contributed by atoms with Crippen LogP contribution in [-0.4, -0.2) is 34.7 Å². The van der Waals surface area contributed by atoms with E-state index < -0.39 is 10.0 Å². The number of aromatic nitrogens is 4. The molecular formula is C13H15N5O2S. The zero-order valence-corrected chi connectivity index (χ0v) is 12.3. The lowest BCUT2D eigenvalue weighted by Gasteiger charge is -2.08. The van der Waals surface area contributed by atoms with E-state index in [0.717, 1.165) is 16.9 Å². The van der Waals surface area contributed by atoms with Gasteiger partial charge in [-0.3, -0.25) is 5.10 Å². The van der Waals surface area contributed by atoms with Crippen molar-refractivity contribution in [1.82, 2.24) is 24.5 Å². The number of hydrogen-bond acceptors (Lipinski definition) is 4. The van der Waals surface area contributed by atoms with Crippen LogP contribution in [0.4, 0.5) is 0 Å². The third kappa shape index (κ3) is 2.67. The summed E-state index contributed by atoms with van der Waals surface area (Å²) in [5, 5.41) is 6.13. The maximum atomic E-state index is 12.0. The maximum absolute atomic E-state index is 12.0. The summed E-state index contributed by atoms with van der Waals surface area (Å²) in [6, 6.07) is 7.78. The summed E-state index contributed by atoms with van der Waals surface area (Å²) in [5.74, 6) is 0.860. The lowest BCUT2D eigenvalue weighted by atomic mass is 10.3. The Morgan fingerprint density at radius 3 is 2.90 bits per heavy atom. The van der Waals surface area contributed by atoms with Gasteiger partial charge in [0.1, 0.15) is 10.7 Å². The minimum Gasteiger partial charge on any atom is -0.327 e. The molecule has 0 aliphatic carbocycles. The number of rotatable bonds is 5. The third-order valence-electron chi connectivity index (χ3n) is 3.26. The molecule has 0 amide bonds. The van der Waals surface area contributed by atoms with E-state index in [2.05, 4.69) is 19.9 Å². The van der Waals surface area contributed by atoms with Crippen LogP contribution in [-0.2, 0) is 16.6 Å². The molecule has 7 nitrogen and oxygen atoms in total. The van der Waals surface area contributed by atoms with Crippen LogP contribution in [0.3, 0.4) is 0 Å². The molecule has 2 heterocycles. The molecule has 0 unspecified atom stereocenters. The maximum Gasteiger partial charge on any atom is 0.243 e. The van der Waals surface area contributed by atoms with Crippen molar-refractivity contribution < 1.29 is 8.42 Å². The number of nitrogens with zero attached hydrogens (tertiary/aromatic N) is 3. The molecule has 0 aliphatic rings. The highest BCUT2D eigenvalue weighted by atomic mass is 32.2. The fraction of sp³-hybridized carbons (Fsp3) is 0.231. The smallest absolute Gasteiger partial charge is 0.243 e. The van der Waals surface area contributed by atoms with Gasteiger partial charge in [0.2, 0.25) is 10.0 Å². The van der Waals surface area contributed by atoms with E-state index in [1.54, 1.807) is 0 Å². The average molecular weight is 305 g/mol. The first-order valence-corrected chi connectivity index (χ1v) is 7.96. The molecule has 0 fully saturated rings. The van der Waals surface area contributed by atoms with Crippen LogP contribution in [0, 0.1) is 6.92 Å². The van der Waals surface area contributed by atoms with E-state index >= 15 is 0 Å². The van der Waals surface area contributed by atoms with E-state index in [1.165, 1.54) is 12.4 Å². The number of fused-ring (bicyclic) bond motifs is 1. The summed E-state index contributed by atoms with van der Waals surface area (Å²) in [6.07, 6.45) is 2.63. The van der Waals surface area contributed by atoms with Crippen LogP contribution < -0.4 is 4.72 Å². The molecule has 3 aromatic rings. The molecule has 110 valence electrons. The zero-order valence-electron chi connectivity index (χ0n) is 11.4. The number of aromatic amines is 1. The fourth-order valence-electron chi connectivity index (χ4n) is 2.24. The highest BCUT2D eigenvalue weighted by Gasteiger charge is 2.15. The normalized spacial score (nSPS) is 12.0. The summed E-state index contributed by atoms with van der Waals surface area (Å²) in [6.45, 7) is 2.71. The standard InChI is InChI=1S/C13H15N5O2S/c1-10-17-12-4-2-3-5-13(12)18(10)7-6-16-21(19,20)11-8-14-15-9-11/h2-5,8-9,16H,6-7H2,1H3,(H,14,15). The second-order valence-corrected chi connectivity index (χ2v) is 6.40. The first kappa shape index (κ1) is 13.8. The first-order chi connectivity index (χ1) is 10.1. The fourth-order valence-corrected chi connectivity index (χ4v) is 3.17. The zero-order chi connectivity index (χ0) is 14.9. The SMILES string of the molecule is Cc1nc2ccccc2n1CCNS(=O)(=O)c1cn[nH]c1. The Balaban J connectivity index is 1.74. The monoisotopic (exact) mass is 305 g/mol. The first-order valence-electron chi connectivity index (χ1n) is 6.48. The van der Waals surface area contributed by atoms with Gasteiger partial charge < -0.3 is 4.57 Å². The van der Waals surface area contributed by atoms with Crippen molar-refractivity contribution >= 4 is 21.1 Å². The van der Waals surface area contributed by atoms with Crippen LogP contribution in [0.1, 0.15) is 5.82 Å². The molecule has 3 rings (SSSR count). The van der Waals surface area contributed by atoms with E-state index in [1.807, 2.05) is 35.8 Å². The van der Waals surface area contributed by atoms with Gasteiger partial charge in [0.25, 0.3) is 0 Å². The molecule has 0 saturated carbocycles. The highest BCUT2D eigenvalue weighted by Crippen LogP contribution is 2.15. The van der Waals surface area contributed by atoms with Gasteiger partial charge in [-0.05, 0) is 19.1 Å². The quantitative estimate of drug-likeness (QED) is 0.737. The minimum atomic E-state index is -3.51. The predicted molar refractivity (Wildman–Crippen MR) is 78.2 cm³/mol. The summed E-state index contributed by atoms with van der Waals surface area (Å²) >= 11 is 0. The highest BCUT2D eigenvalue weighted by molar-refractivity contribution is 7.89. The number of imidazole rings is 1. The number of nitrogens with one attached hydrogen (secondary N) is 2. The second-order valence-electron chi connectivity index (χ2n) is 4.63. The van der Waals surface area contributed by atoms with Gasteiger partial charge >= 0.3 is 0 Å². The van der Waals surface area contributed by atoms with E-state index in [9.17, 15) is 8.42 Å². The van der Waals surface area contributed by atoms with Crippen molar-refractivity contribution in [3.63, 3.8) is 0 Å². The molecule has 0 atom stereocenters. The van der Waals surface area contributed by atoms with E-state index in [-0.39, 0.29) is 11.4 Å². The Morgan fingerprint density at radius 1 is 1.33 bits per heavy atom. The number of hydrogen-bond donors (Lipinski definition) is 2. The Kier molecular flexibility index (Phi) is 3.48. The Morgan fingerprint density at radius 2 is 2.14 bits per heavy atom. The van der Waals surface area contributed by atoms with Crippen molar-refractivity contribution in [2.24, 2.45) is 0 Å².